The summed E-state index contributed by atoms with van der Waals surface area (Å²) in [6.45, 7) is 8.38. The molecule has 2 heterocycles. The second kappa shape index (κ2) is 14.1. The van der Waals surface area contributed by atoms with Gasteiger partial charge in [0.05, 0.1) is 6.10 Å². The number of methoxy groups -OCH3 is 1. The molecule has 40 heavy (non-hydrogen) atoms. The number of fused-ring (bicyclic) bond motifs is 2. The number of aliphatic hydroxyl groups excluding tert-OH is 2. The molecule has 11 nitrogen and oxygen atoms in total. The van der Waals surface area contributed by atoms with E-state index >= 15 is 0 Å². The molecule has 1 amide bonds. The van der Waals surface area contributed by atoms with Crippen LogP contribution in [0.2, 0.25) is 0 Å². The lowest BCUT2D eigenvalue weighted by atomic mass is 9.99. The third kappa shape index (κ3) is 8.77. The zero-order chi connectivity index (χ0) is 29.4. The zero-order valence-electron chi connectivity index (χ0n) is 23.9. The van der Waals surface area contributed by atoms with Crippen molar-refractivity contribution in [2.24, 2.45) is 5.92 Å². The molecular formula is C29H41NO10. The molecule has 2 aliphatic rings. The van der Waals surface area contributed by atoms with Crippen LogP contribution in [0.15, 0.2) is 30.4 Å². The summed E-state index contributed by atoms with van der Waals surface area (Å²) in [4.78, 5) is 24.6. The van der Waals surface area contributed by atoms with Gasteiger partial charge in [-0.1, -0.05) is 31.2 Å². The van der Waals surface area contributed by atoms with Crippen molar-refractivity contribution in [1.29, 1.82) is 0 Å². The summed E-state index contributed by atoms with van der Waals surface area (Å²) in [5, 5.41) is 23.6. The summed E-state index contributed by atoms with van der Waals surface area (Å²) in [5.41, 5.74) is 0.632. The van der Waals surface area contributed by atoms with E-state index in [2.05, 4.69) is 5.32 Å². The van der Waals surface area contributed by atoms with Gasteiger partial charge >= 0.3 is 5.97 Å². The highest BCUT2D eigenvalue weighted by atomic mass is 16.8. The summed E-state index contributed by atoms with van der Waals surface area (Å²) < 4.78 is 34.5. The van der Waals surface area contributed by atoms with E-state index in [1.165, 1.54) is 20.1 Å². The van der Waals surface area contributed by atoms with E-state index in [4.69, 9.17) is 28.4 Å². The standard InChI is InChI=1S/C29H41NO10/c1-17-10-11-23(33)27-24(39-29(4,5)40-27)9-7-8-20-12-22(36-15-21(32)14-30-19(3)31)13-25(37-16-35-6)26(20)28(34)38-18(17)2/h7-8,10-13,17-18,21,23-24,27,32-33H,9,14-16H2,1-6H3,(H,30,31)/b8-7?,11-10-/t17-,18+,21?,23?,24?,27?/m1/s1. The van der Waals surface area contributed by atoms with E-state index in [1.807, 2.05) is 13.0 Å². The monoisotopic (exact) mass is 563 g/mol. The van der Waals surface area contributed by atoms with Crippen LogP contribution in [0.4, 0.5) is 0 Å². The molecule has 0 bridgehead atoms. The molecule has 1 fully saturated rings. The number of carbonyl (C=O) groups excluding carboxylic acids is 2. The maximum atomic E-state index is 13.5. The molecule has 3 rings (SSSR count). The van der Waals surface area contributed by atoms with Crippen molar-refractivity contribution in [3.05, 3.63) is 41.5 Å². The number of nitrogens with one attached hydrogen (secondary N) is 1. The lowest BCUT2D eigenvalue weighted by Crippen LogP contribution is -2.34. The van der Waals surface area contributed by atoms with Crippen LogP contribution in [0.5, 0.6) is 11.5 Å². The van der Waals surface area contributed by atoms with E-state index < -0.39 is 42.3 Å². The molecule has 222 valence electrons. The number of amides is 1. The van der Waals surface area contributed by atoms with Crippen LogP contribution in [0.3, 0.4) is 0 Å². The molecule has 1 aromatic rings. The van der Waals surface area contributed by atoms with Gasteiger partial charge in [-0.25, -0.2) is 4.79 Å². The van der Waals surface area contributed by atoms with Crippen LogP contribution in [0, 0.1) is 5.92 Å². The van der Waals surface area contributed by atoms with Crippen LogP contribution in [-0.2, 0) is 23.7 Å². The van der Waals surface area contributed by atoms with Crippen molar-refractivity contribution in [3.63, 3.8) is 0 Å². The minimum absolute atomic E-state index is 0.0247. The molecular weight excluding hydrogens is 522 g/mol. The summed E-state index contributed by atoms with van der Waals surface area (Å²) in [6.07, 6.45) is 3.94. The fourth-order valence-corrected chi connectivity index (χ4v) is 4.35. The van der Waals surface area contributed by atoms with Crippen LogP contribution in [0.1, 0.15) is 57.0 Å². The third-order valence-corrected chi connectivity index (χ3v) is 6.54. The lowest BCUT2D eigenvalue weighted by Gasteiger charge is -2.23. The number of benzene rings is 1. The Labute approximate surface area is 235 Å². The number of rotatable bonds is 8. The fourth-order valence-electron chi connectivity index (χ4n) is 4.35. The topological polar surface area (TPSA) is 142 Å². The smallest absolute Gasteiger partial charge is 0.342 e. The van der Waals surface area contributed by atoms with Crippen molar-refractivity contribution < 1.29 is 48.2 Å². The summed E-state index contributed by atoms with van der Waals surface area (Å²) in [6, 6.07) is 3.16. The molecule has 2 aliphatic heterocycles. The largest absolute Gasteiger partial charge is 0.491 e. The van der Waals surface area contributed by atoms with Gasteiger partial charge in [-0.05, 0) is 38.8 Å². The predicted molar refractivity (Wildman–Crippen MR) is 146 cm³/mol. The Morgan fingerprint density at radius 2 is 1.95 bits per heavy atom. The second-order valence-corrected chi connectivity index (χ2v) is 10.5. The Hall–Kier alpha value is -2.96. The highest BCUT2D eigenvalue weighted by molar-refractivity contribution is 5.97. The van der Waals surface area contributed by atoms with Crippen molar-refractivity contribution >= 4 is 18.0 Å². The van der Waals surface area contributed by atoms with Crippen molar-refractivity contribution in [1.82, 2.24) is 5.32 Å². The Bertz CT molecular complexity index is 1080. The number of cyclic esters (lactones) is 1. The maximum absolute atomic E-state index is 13.5. The average molecular weight is 564 g/mol. The second-order valence-electron chi connectivity index (χ2n) is 10.5. The quantitative estimate of drug-likeness (QED) is 0.245. The molecule has 0 aromatic heterocycles. The first-order valence-corrected chi connectivity index (χ1v) is 13.3. The molecule has 1 saturated heterocycles. The van der Waals surface area contributed by atoms with Crippen molar-refractivity contribution in [2.45, 2.75) is 77.3 Å². The Kier molecular flexibility index (Phi) is 11.1. The lowest BCUT2D eigenvalue weighted by molar-refractivity contribution is -0.152. The van der Waals surface area contributed by atoms with E-state index in [0.717, 1.165) is 0 Å². The van der Waals surface area contributed by atoms with Crippen molar-refractivity contribution in [2.75, 3.05) is 27.1 Å². The number of aliphatic hydroxyl groups is 2. The number of ether oxygens (including phenoxy) is 6. The Morgan fingerprint density at radius 3 is 2.65 bits per heavy atom. The molecule has 0 aliphatic carbocycles. The molecule has 4 unspecified atom stereocenters. The van der Waals surface area contributed by atoms with Crippen LogP contribution in [-0.4, -0.2) is 85.5 Å². The van der Waals surface area contributed by atoms with Gasteiger partial charge in [0, 0.05) is 32.6 Å². The fraction of sp³-hybridized carbons (Fsp3) is 0.586. The third-order valence-electron chi connectivity index (χ3n) is 6.54. The molecule has 0 radical (unpaired) electrons. The molecule has 0 spiro atoms. The van der Waals surface area contributed by atoms with Gasteiger partial charge < -0.3 is 44.0 Å². The van der Waals surface area contributed by atoms with Crippen LogP contribution in [0.25, 0.3) is 6.08 Å². The molecule has 0 saturated carbocycles. The normalized spacial score (nSPS) is 27.9. The van der Waals surface area contributed by atoms with Crippen molar-refractivity contribution in [3.8, 4) is 11.5 Å². The SMILES string of the molecule is COCOc1cc(OCC(O)CNC(C)=O)cc2c1C(=O)O[C@@H](C)[C@H](C)/C=C\C(O)C1OC(C)(C)OC1CC=C2. The van der Waals surface area contributed by atoms with E-state index in [-0.39, 0.29) is 43.1 Å². The first-order chi connectivity index (χ1) is 18.9. The molecule has 1 aromatic carbocycles. The number of carbonyl (C=O) groups is 2. The summed E-state index contributed by atoms with van der Waals surface area (Å²) in [5.74, 6) is -1.46. The zero-order valence-corrected chi connectivity index (χ0v) is 23.9. The number of hydrogen-bond acceptors (Lipinski definition) is 10. The molecule has 11 heteroatoms. The Morgan fingerprint density at radius 1 is 1.20 bits per heavy atom. The van der Waals surface area contributed by atoms with E-state index in [1.54, 1.807) is 45.1 Å². The van der Waals surface area contributed by atoms with Gasteiger partial charge in [-0.2, -0.15) is 0 Å². The summed E-state index contributed by atoms with van der Waals surface area (Å²) in [7, 11) is 1.46. The average Bonchev–Trinajstić information content (AvgIpc) is 3.21. The van der Waals surface area contributed by atoms with Crippen LogP contribution < -0.4 is 14.8 Å². The summed E-state index contributed by atoms with van der Waals surface area (Å²) >= 11 is 0. The maximum Gasteiger partial charge on any atom is 0.342 e. The van der Waals surface area contributed by atoms with E-state index in [0.29, 0.717) is 17.7 Å². The van der Waals surface area contributed by atoms with Gasteiger partial charge in [-0.3, -0.25) is 4.79 Å². The highest BCUT2D eigenvalue weighted by Gasteiger charge is 2.43. The van der Waals surface area contributed by atoms with Crippen LogP contribution >= 0.6 is 0 Å². The molecule has 6 atom stereocenters. The first kappa shape index (κ1) is 31.6. The predicted octanol–water partition coefficient (Wildman–Crippen LogP) is 2.58. The minimum Gasteiger partial charge on any atom is -0.491 e. The Balaban J connectivity index is 2.00. The first-order valence-electron chi connectivity index (χ1n) is 13.3. The number of esters is 1. The van der Waals surface area contributed by atoms with Gasteiger partial charge in [0.2, 0.25) is 5.91 Å². The van der Waals surface area contributed by atoms with Gasteiger partial charge in [0.25, 0.3) is 0 Å². The molecule has 3 N–H and O–H groups in total. The van der Waals surface area contributed by atoms with Gasteiger partial charge in [0.1, 0.15) is 48.1 Å². The van der Waals surface area contributed by atoms with Gasteiger partial charge in [-0.15, -0.1) is 0 Å². The van der Waals surface area contributed by atoms with E-state index in [9.17, 15) is 19.8 Å². The van der Waals surface area contributed by atoms with Gasteiger partial charge in [0.15, 0.2) is 12.6 Å². The number of hydrogen-bond donors (Lipinski definition) is 3. The highest BCUT2D eigenvalue weighted by Crippen LogP contribution is 2.35. The minimum atomic E-state index is -0.956.